The highest BCUT2D eigenvalue weighted by Crippen LogP contribution is 2.22. The van der Waals surface area contributed by atoms with Crippen LogP contribution in [0.4, 0.5) is 0 Å². The minimum absolute atomic E-state index is 0.734. The van der Waals surface area contributed by atoms with Crippen molar-refractivity contribution in [2.24, 2.45) is 0 Å². The second kappa shape index (κ2) is 6.46. The van der Waals surface area contributed by atoms with Gasteiger partial charge >= 0.3 is 0 Å². The van der Waals surface area contributed by atoms with Gasteiger partial charge in [-0.1, -0.05) is 30.3 Å². The molecule has 20 heavy (non-hydrogen) atoms. The van der Waals surface area contributed by atoms with E-state index in [9.17, 15) is 0 Å². The first-order valence-corrected chi connectivity index (χ1v) is 8.30. The lowest BCUT2D eigenvalue weighted by molar-refractivity contribution is 0.254. The van der Waals surface area contributed by atoms with Gasteiger partial charge < -0.3 is 0 Å². The van der Waals surface area contributed by atoms with Crippen LogP contribution < -0.4 is 0 Å². The van der Waals surface area contributed by atoms with E-state index in [1.54, 1.807) is 0 Å². The van der Waals surface area contributed by atoms with Crippen molar-refractivity contribution in [2.45, 2.75) is 25.6 Å². The monoisotopic (exact) mass is 287 g/mol. The topological polar surface area (TPSA) is 21.1 Å². The zero-order chi connectivity index (χ0) is 13.8. The van der Waals surface area contributed by atoms with E-state index >= 15 is 0 Å². The summed E-state index contributed by atoms with van der Waals surface area (Å²) < 4.78 is 2.03. The highest BCUT2D eigenvalue weighted by molar-refractivity contribution is 7.99. The fraction of sp³-hybridized carbons (Fsp3) is 0.438. The molecule has 2 aromatic rings. The zero-order valence-corrected chi connectivity index (χ0v) is 12.7. The molecule has 0 spiro atoms. The first-order chi connectivity index (χ1) is 9.81. The Labute approximate surface area is 125 Å². The number of benzene rings is 1. The van der Waals surface area contributed by atoms with Crippen LogP contribution in [0.3, 0.4) is 0 Å². The van der Waals surface area contributed by atoms with Crippen LogP contribution in [0.2, 0.25) is 0 Å². The van der Waals surface area contributed by atoms with Gasteiger partial charge in [0, 0.05) is 30.1 Å². The molecule has 2 heterocycles. The lowest BCUT2D eigenvalue weighted by atomic mass is 10.2. The third kappa shape index (κ3) is 3.44. The number of aromatic nitrogens is 2. The zero-order valence-electron chi connectivity index (χ0n) is 11.9. The Hall–Kier alpha value is -1.26. The molecule has 4 heteroatoms. The smallest absolute Gasteiger partial charge is 0.0659 e. The third-order valence-electron chi connectivity index (χ3n) is 3.84. The first-order valence-electron chi connectivity index (χ1n) is 7.14. The summed E-state index contributed by atoms with van der Waals surface area (Å²) in [5.41, 5.74) is 2.60. The summed E-state index contributed by atoms with van der Waals surface area (Å²) in [6.07, 6.45) is 5.49. The molecule has 3 nitrogen and oxygen atoms in total. The molecule has 0 bridgehead atoms. The molecule has 0 radical (unpaired) electrons. The van der Waals surface area contributed by atoms with Crippen molar-refractivity contribution < 1.29 is 0 Å². The molecule has 3 rings (SSSR count). The van der Waals surface area contributed by atoms with Gasteiger partial charge in [0.1, 0.15) is 0 Å². The summed E-state index contributed by atoms with van der Waals surface area (Å²) in [7, 11) is 2.23. The van der Waals surface area contributed by atoms with Gasteiger partial charge in [-0.2, -0.15) is 16.9 Å². The molecule has 106 valence electrons. The molecule has 1 unspecified atom stereocenters. The highest BCUT2D eigenvalue weighted by Gasteiger charge is 2.20. The fourth-order valence-electron chi connectivity index (χ4n) is 2.63. The quantitative estimate of drug-likeness (QED) is 0.844. The van der Waals surface area contributed by atoms with Crippen LogP contribution >= 0.6 is 11.8 Å². The Bertz CT molecular complexity index is 532. The number of nitrogens with zero attached hydrogens (tertiary/aromatic N) is 3. The van der Waals surface area contributed by atoms with E-state index in [0.29, 0.717) is 0 Å². The highest BCUT2D eigenvalue weighted by atomic mass is 32.2. The van der Waals surface area contributed by atoms with Crippen molar-refractivity contribution in [1.29, 1.82) is 0 Å². The van der Waals surface area contributed by atoms with E-state index in [0.717, 1.165) is 19.1 Å². The largest absolute Gasteiger partial charge is 0.298 e. The molecule has 1 aromatic carbocycles. The van der Waals surface area contributed by atoms with Crippen LogP contribution in [0.25, 0.3) is 0 Å². The van der Waals surface area contributed by atoms with Crippen molar-refractivity contribution in [3.63, 3.8) is 0 Å². The van der Waals surface area contributed by atoms with E-state index in [-0.39, 0.29) is 0 Å². The second-order valence-electron chi connectivity index (χ2n) is 5.46. The molecule has 1 aromatic heterocycles. The van der Waals surface area contributed by atoms with Gasteiger partial charge in [-0.25, -0.2) is 0 Å². The molecule has 1 aliphatic heterocycles. The molecule has 1 saturated heterocycles. The number of rotatable bonds is 5. The van der Waals surface area contributed by atoms with E-state index in [1.807, 2.05) is 16.9 Å². The van der Waals surface area contributed by atoms with Gasteiger partial charge in [-0.3, -0.25) is 9.58 Å². The summed E-state index contributed by atoms with van der Waals surface area (Å²) in [5, 5.41) is 4.48. The number of hydrogen-bond acceptors (Lipinski definition) is 3. The molecule has 1 atom stereocenters. The van der Waals surface area contributed by atoms with Gasteiger partial charge in [-0.05, 0) is 24.8 Å². The van der Waals surface area contributed by atoms with Crippen LogP contribution in [-0.2, 0) is 13.1 Å². The Morgan fingerprint density at radius 3 is 2.90 bits per heavy atom. The van der Waals surface area contributed by atoms with Crippen molar-refractivity contribution in [1.82, 2.24) is 14.7 Å². The molecule has 0 amide bonds. The van der Waals surface area contributed by atoms with Crippen LogP contribution in [0.15, 0.2) is 42.7 Å². The van der Waals surface area contributed by atoms with Crippen LogP contribution in [0.5, 0.6) is 0 Å². The maximum atomic E-state index is 4.48. The second-order valence-corrected chi connectivity index (χ2v) is 6.61. The molecular weight excluding hydrogens is 266 g/mol. The molecule has 1 aliphatic rings. The van der Waals surface area contributed by atoms with Gasteiger partial charge in [-0.15, -0.1) is 0 Å². The SMILES string of the molecule is CN(Cc1cnn(Cc2ccccc2)c1)C1CCSC1. The summed E-state index contributed by atoms with van der Waals surface area (Å²) in [6.45, 7) is 1.85. The summed E-state index contributed by atoms with van der Waals surface area (Å²) in [4.78, 5) is 2.46. The van der Waals surface area contributed by atoms with E-state index < -0.39 is 0 Å². The van der Waals surface area contributed by atoms with Gasteiger partial charge in [0.2, 0.25) is 0 Å². The molecule has 0 N–H and O–H groups in total. The summed E-state index contributed by atoms with van der Waals surface area (Å²) >= 11 is 2.07. The standard InChI is InChI=1S/C16H21N3S/c1-18(16-7-8-20-13-16)10-15-9-17-19(12-15)11-14-5-3-2-4-6-14/h2-6,9,12,16H,7-8,10-11,13H2,1H3. The number of thioether (sulfide) groups is 1. The maximum Gasteiger partial charge on any atom is 0.0659 e. The lowest BCUT2D eigenvalue weighted by Crippen LogP contribution is -2.30. The Balaban J connectivity index is 1.59. The molecule has 0 saturated carbocycles. The van der Waals surface area contributed by atoms with E-state index in [4.69, 9.17) is 0 Å². The van der Waals surface area contributed by atoms with Crippen LogP contribution in [0, 0.1) is 0 Å². The Morgan fingerprint density at radius 1 is 1.30 bits per heavy atom. The van der Waals surface area contributed by atoms with Crippen molar-refractivity contribution >= 4 is 11.8 Å². The molecule has 0 aliphatic carbocycles. The van der Waals surface area contributed by atoms with E-state index in [1.165, 1.54) is 29.1 Å². The van der Waals surface area contributed by atoms with E-state index in [2.05, 4.69) is 59.3 Å². The molecular formula is C16H21N3S. The van der Waals surface area contributed by atoms with Crippen LogP contribution in [0.1, 0.15) is 17.5 Å². The van der Waals surface area contributed by atoms with Crippen molar-refractivity contribution in [2.75, 3.05) is 18.6 Å². The first kappa shape index (κ1) is 13.7. The lowest BCUT2D eigenvalue weighted by Gasteiger charge is -2.22. The summed E-state index contributed by atoms with van der Waals surface area (Å²) in [5.74, 6) is 2.58. The fourth-order valence-corrected chi connectivity index (χ4v) is 3.93. The van der Waals surface area contributed by atoms with Gasteiger partial charge in [0.15, 0.2) is 0 Å². The minimum Gasteiger partial charge on any atom is -0.298 e. The van der Waals surface area contributed by atoms with Crippen molar-refractivity contribution in [3.8, 4) is 0 Å². The molecule has 1 fully saturated rings. The van der Waals surface area contributed by atoms with Gasteiger partial charge in [0.05, 0.1) is 12.7 Å². The summed E-state index contributed by atoms with van der Waals surface area (Å²) in [6, 6.07) is 11.2. The normalized spacial score (nSPS) is 18.8. The number of hydrogen-bond donors (Lipinski definition) is 0. The predicted molar refractivity (Wildman–Crippen MR) is 85.0 cm³/mol. The Kier molecular flexibility index (Phi) is 4.43. The predicted octanol–water partition coefficient (Wildman–Crippen LogP) is 2.87. The minimum atomic E-state index is 0.734. The maximum absolute atomic E-state index is 4.48. The van der Waals surface area contributed by atoms with Crippen molar-refractivity contribution in [3.05, 3.63) is 53.9 Å². The Morgan fingerprint density at radius 2 is 2.15 bits per heavy atom. The van der Waals surface area contributed by atoms with Crippen LogP contribution in [-0.4, -0.2) is 39.3 Å². The average Bonchev–Trinajstić information content (AvgIpc) is 3.11. The van der Waals surface area contributed by atoms with Gasteiger partial charge in [0.25, 0.3) is 0 Å². The average molecular weight is 287 g/mol. The third-order valence-corrected chi connectivity index (χ3v) is 4.98.